The van der Waals surface area contributed by atoms with Gasteiger partial charge in [-0.3, -0.25) is 0 Å². The van der Waals surface area contributed by atoms with Crippen LogP contribution in [0.5, 0.6) is 0 Å². The van der Waals surface area contributed by atoms with Gasteiger partial charge in [0.1, 0.15) is 18.3 Å². The van der Waals surface area contributed by atoms with Crippen LogP contribution in [0.3, 0.4) is 0 Å². The molecular weight excluding hydrogens is 198 g/mol. The molecule has 1 aliphatic heterocycles. The highest BCUT2D eigenvalue weighted by molar-refractivity contribution is 4.87. The van der Waals surface area contributed by atoms with Gasteiger partial charge in [0, 0.05) is 0 Å². The highest BCUT2D eigenvalue weighted by Crippen LogP contribution is 2.19. The molecule has 82 valence electrons. The molecule has 8 heteroatoms. The van der Waals surface area contributed by atoms with Gasteiger partial charge in [0.2, 0.25) is 0 Å². The Balaban J connectivity index is 2.56. The van der Waals surface area contributed by atoms with Crippen molar-refractivity contribution in [2.24, 2.45) is 0 Å². The number of hydrogen-bond acceptors (Lipinski definition) is 7. The molecule has 1 heterocycles. The quantitative estimate of drug-likeness (QED) is 0.350. The summed E-state index contributed by atoms with van der Waals surface area (Å²) in [7, 11) is 0. The average molecular weight is 209 g/mol. The highest BCUT2D eigenvalue weighted by atomic mass is 17.0. The van der Waals surface area contributed by atoms with Gasteiger partial charge in [-0.15, -0.1) is 10.1 Å². The van der Waals surface area contributed by atoms with Crippen LogP contribution in [-0.4, -0.2) is 58.0 Å². The summed E-state index contributed by atoms with van der Waals surface area (Å²) in [5, 5.41) is 36.0. The summed E-state index contributed by atoms with van der Waals surface area (Å²) in [5.74, 6) is 0. The molecule has 1 fully saturated rings. The molecule has 14 heavy (non-hydrogen) atoms. The fraction of sp³-hybridized carbons (Fsp3) is 1.00. The third-order valence-electron chi connectivity index (χ3n) is 1.96. The van der Waals surface area contributed by atoms with E-state index in [1.165, 1.54) is 0 Å². The van der Waals surface area contributed by atoms with E-state index in [0.717, 1.165) is 0 Å². The van der Waals surface area contributed by atoms with Crippen LogP contribution in [-0.2, 0) is 9.57 Å². The summed E-state index contributed by atoms with van der Waals surface area (Å²) in [6.07, 6.45) is -4.76. The summed E-state index contributed by atoms with van der Waals surface area (Å²) < 4.78 is 4.84. The second kappa shape index (κ2) is 4.51. The standard InChI is InChI=1S/C6H11NO7/c8-1-4(14-7(11)12)6-5(10)3(9)2-13-6/h3-6,8-10H,1-2H2/t3-,4-,5-,6+/m1/s1. The second-order valence-electron chi connectivity index (χ2n) is 2.91. The summed E-state index contributed by atoms with van der Waals surface area (Å²) in [6, 6.07) is 0. The van der Waals surface area contributed by atoms with Crippen molar-refractivity contribution in [3.05, 3.63) is 10.1 Å². The zero-order valence-corrected chi connectivity index (χ0v) is 7.15. The normalized spacial score (nSPS) is 34.1. The molecule has 0 radical (unpaired) electrons. The van der Waals surface area contributed by atoms with Gasteiger partial charge in [-0.25, -0.2) is 0 Å². The van der Waals surface area contributed by atoms with Gasteiger partial charge in [-0.2, -0.15) is 0 Å². The minimum Gasteiger partial charge on any atom is -0.394 e. The molecule has 0 aromatic carbocycles. The van der Waals surface area contributed by atoms with Crippen LogP contribution >= 0.6 is 0 Å². The maximum atomic E-state index is 9.99. The largest absolute Gasteiger partial charge is 0.394 e. The molecule has 0 unspecified atom stereocenters. The molecule has 0 bridgehead atoms. The smallest absolute Gasteiger partial charge is 0.294 e. The van der Waals surface area contributed by atoms with Crippen molar-refractivity contribution >= 4 is 0 Å². The Morgan fingerprint density at radius 3 is 2.64 bits per heavy atom. The van der Waals surface area contributed by atoms with E-state index in [9.17, 15) is 15.2 Å². The molecule has 1 saturated heterocycles. The van der Waals surface area contributed by atoms with Crippen molar-refractivity contribution in [1.82, 2.24) is 0 Å². The third-order valence-corrected chi connectivity index (χ3v) is 1.96. The van der Waals surface area contributed by atoms with Crippen LogP contribution in [0.1, 0.15) is 0 Å². The van der Waals surface area contributed by atoms with Gasteiger partial charge in [0.25, 0.3) is 5.09 Å². The first kappa shape index (κ1) is 11.1. The first-order valence-corrected chi connectivity index (χ1v) is 3.96. The van der Waals surface area contributed by atoms with Crippen LogP contribution in [0.25, 0.3) is 0 Å². The molecule has 3 N–H and O–H groups in total. The van der Waals surface area contributed by atoms with E-state index in [-0.39, 0.29) is 6.61 Å². The number of nitrogens with zero attached hydrogens (tertiary/aromatic N) is 1. The number of hydrogen-bond donors (Lipinski definition) is 3. The molecule has 4 atom stereocenters. The maximum Gasteiger partial charge on any atom is 0.294 e. The third kappa shape index (κ3) is 2.29. The van der Waals surface area contributed by atoms with Gasteiger partial charge in [0.15, 0.2) is 6.10 Å². The number of rotatable bonds is 4. The van der Waals surface area contributed by atoms with Crippen molar-refractivity contribution < 1.29 is 30.0 Å². The van der Waals surface area contributed by atoms with Gasteiger partial charge >= 0.3 is 0 Å². The predicted molar refractivity (Wildman–Crippen MR) is 40.7 cm³/mol. The van der Waals surface area contributed by atoms with Gasteiger partial charge in [-0.05, 0) is 0 Å². The molecule has 0 saturated carbocycles. The minimum atomic E-state index is -1.29. The van der Waals surface area contributed by atoms with E-state index in [1.54, 1.807) is 0 Å². The summed E-state index contributed by atoms with van der Waals surface area (Å²) >= 11 is 0. The summed E-state index contributed by atoms with van der Waals surface area (Å²) in [4.78, 5) is 14.1. The van der Waals surface area contributed by atoms with E-state index in [0.29, 0.717) is 0 Å². The van der Waals surface area contributed by atoms with Crippen molar-refractivity contribution in [3.8, 4) is 0 Å². The van der Waals surface area contributed by atoms with Crippen molar-refractivity contribution in [2.45, 2.75) is 24.4 Å². The predicted octanol–water partition coefficient (Wildman–Crippen LogP) is -2.32. The van der Waals surface area contributed by atoms with Crippen LogP contribution < -0.4 is 0 Å². The van der Waals surface area contributed by atoms with Crippen molar-refractivity contribution in [3.63, 3.8) is 0 Å². The average Bonchev–Trinajstić information content (AvgIpc) is 2.44. The Hall–Kier alpha value is -0.960. The number of aliphatic hydroxyl groups excluding tert-OH is 3. The van der Waals surface area contributed by atoms with E-state index < -0.39 is 36.1 Å². The second-order valence-corrected chi connectivity index (χ2v) is 2.91. The number of ether oxygens (including phenoxy) is 1. The lowest BCUT2D eigenvalue weighted by Gasteiger charge is -2.21. The summed E-state index contributed by atoms with van der Waals surface area (Å²) in [6.45, 7) is -0.807. The monoisotopic (exact) mass is 209 g/mol. The Labute approximate surface area is 78.8 Å². The molecule has 0 aliphatic carbocycles. The molecule has 0 aromatic rings. The lowest BCUT2D eigenvalue weighted by molar-refractivity contribution is -0.771. The van der Waals surface area contributed by atoms with Crippen LogP contribution in [0.15, 0.2) is 0 Å². The molecule has 0 amide bonds. The molecule has 0 spiro atoms. The Morgan fingerprint density at radius 2 is 2.29 bits per heavy atom. The Bertz CT molecular complexity index is 210. The molecular formula is C6H11NO7. The minimum absolute atomic E-state index is 0.136. The lowest BCUT2D eigenvalue weighted by atomic mass is 10.1. The van der Waals surface area contributed by atoms with Crippen LogP contribution in [0.4, 0.5) is 0 Å². The fourth-order valence-corrected chi connectivity index (χ4v) is 1.26. The Morgan fingerprint density at radius 1 is 1.64 bits per heavy atom. The molecule has 1 aliphatic rings. The lowest BCUT2D eigenvalue weighted by Crippen LogP contribution is -2.42. The first-order valence-electron chi connectivity index (χ1n) is 3.96. The van der Waals surface area contributed by atoms with Gasteiger partial charge in [-0.1, -0.05) is 0 Å². The van der Waals surface area contributed by atoms with Crippen molar-refractivity contribution in [2.75, 3.05) is 13.2 Å². The Kier molecular flexibility index (Phi) is 3.58. The van der Waals surface area contributed by atoms with Crippen molar-refractivity contribution in [1.29, 1.82) is 0 Å². The van der Waals surface area contributed by atoms with E-state index >= 15 is 0 Å². The maximum absolute atomic E-state index is 9.99. The van der Waals surface area contributed by atoms with E-state index in [4.69, 9.17) is 14.9 Å². The van der Waals surface area contributed by atoms with Crippen LogP contribution in [0.2, 0.25) is 0 Å². The molecule has 8 nitrogen and oxygen atoms in total. The summed E-state index contributed by atoms with van der Waals surface area (Å²) in [5.41, 5.74) is 0. The molecule has 0 aromatic heterocycles. The SMILES string of the molecule is O=[N+]([O-])O[C@H](CO)[C@@H]1OC[C@@H](O)[C@H]1O. The zero-order valence-electron chi connectivity index (χ0n) is 7.15. The number of aliphatic hydroxyl groups is 3. The topological polar surface area (TPSA) is 122 Å². The first-order chi connectivity index (χ1) is 6.56. The fourth-order valence-electron chi connectivity index (χ4n) is 1.26. The van der Waals surface area contributed by atoms with Gasteiger partial charge in [0.05, 0.1) is 13.2 Å². The van der Waals surface area contributed by atoms with E-state index in [2.05, 4.69) is 4.84 Å². The molecule has 1 rings (SSSR count). The van der Waals surface area contributed by atoms with Gasteiger partial charge < -0.3 is 24.9 Å². The van der Waals surface area contributed by atoms with Crippen LogP contribution in [0, 0.1) is 10.1 Å². The zero-order chi connectivity index (χ0) is 10.7. The van der Waals surface area contributed by atoms with E-state index in [1.807, 2.05) is 0 Å². The highest BCUT2D eigenvalue weighted by Gasteiger charge is 2.41.